The van der Waals surface area contributed by atoms with E-state index in [1.54, 1.807) is 0 Å². The number of hydrogen-bond donors (Lipinski definition) is 9. The predicted octanol–water partition coefficient (Wildman–Crippen LogP) is -5.68. The zero-order valence-corrected chi connectivity index (χ0v) is 17.4. The number of aliphatic hydroxyl groups is 9. The first-order valence-corrected chi connectivity index (χ1v) is 10.1. The van der Waals surface area contributed by atoms with Crippen molar-refractivity contribution in [2.45, 2.75) is 99.7 Å². The minimum atomic E-state index is -2.03. The van der Waals surface area contributed by atoms with E-state index in [0.29, 0.717) is 0 Å². The summed E-state index contributed by atoms with van der Waals surface area (Å²) in [4.78, 5) is 11.6. The van der Waals surface area contributed by atoms with Crippen molar-refractivity contribution in [3.8, 4) is 0 Å². The molecule has 2 aliphatic rings. The first-order chi connectivity index (χ1) is 14.9. The number of ether oxygens (including phenoxy) is 4. The molecule has 2 heterocycles. The van der Waals surface area contributed by atoms with Gasteiger partial charge < -0.3 is 69.7 Å². The Bertz CT molecular complexity index is 594. The molecule has 32 heavy (non-hydrogen) atoms. The quantitative estimate of drug-likeness (QED) is 0.142. The van der Waals surface area contributed by atoms with Crippen molar-refractivity contribution >= 4 is 6.29 Å². The van der Waals surface area contributed by atoms with Gasteiger partial charge in [0.2, 0.25) is 0 Å². The van der Waals surface area contributed by atoms with Gasteiger partial charge in [0.25, 0.3) is 0 Å². The molecule has 2 saturated heterocycles. The van der Waals surface area contributed by atoms with Crippen LogP contribution < -0.4 is 0 Å². The van der Waals surface area contributed by atoms with Crippen LogP contribution in [0.5, 0.6) is 0 Å². The minimum Gasteiger partial charge on any atom is -0.394 e. The fraction of sp³-hybridized carbons (Fsp3) is 0.944. The second-order valence-corrected chi connectivity index (χ2v) is 7.94. The van der Waals surface area contributed by atoms with Crippen molar-refractivity contribution < 1.29 is 69.7 Å². The van der Waals surface area contributed by atoms with Crippen molar-refractivity contribution in [1.82, 2.24) is 0 Å². The molecule has 0 unspecified atom stereocenters. The predicted molar refractivity (Wildman–Crippen MR) is 99.6 cm³/mol. The minimum absolute atomic E-state index is 0.0860. The van der Waals surface area contributed by atoms with Crippen molar-refractivity contribution in [2.75, 3.05) is 6.61 Å². The zero-order valence-electron chi connectivity index (χ0n) is 17.4. The smallest absolute Gasteiger partial charge is 0.187 e. The molecule has 0 aromatic carbocycles. The number of aldehydes is 1. The van der Waals surface area contributed by atoms with E-state index in [2.05, 4.69) is 0 Å². The second kappa shape index (κ2) is 11.5. The van der Waals surface area contributed by atoms with Gasteiger partial charge in [-0.3, -0.25) is 0 Å². The van der Waals surface area contributed by atoms with Crippen LogP contribution in [-0.2, 0) is 23.7 Å². The van der Waals surface area contributed by atoms with Gasteiger partial charge >= 0.3 is 0 Å². The first kappa shape index (κ1) is 27.4. The molecule has 2 aliphatic heterocycles. The van der Waals surface area contributed by atoms with E-state index in [-0.39, 0.29) is 6.29 Å². The number of hydrogen-bond acceptors (Lipinski definition) is 14. The van der Waals surface area contributed by atoms with Crippen molar-refractivity contribution in [2.24, 2.45) is 0 Å². The topological polar surface area (TPSA) is 236 Å². The lowest BCUT2D eigenvalue weighted by Crippen LogP contribution is -2.61. The fourth-order valence-electron chi connectivity index (χ4n) is 3.44. The lowest BCUT2D eigenvalue weighted by molar-refractivity contribution is -0.331. The molecule has 2 rings (SSSR count). The molecule has 0 saturated carbocycles. The normalized spacial score (nSPS) is 44.5. The molecule has 0 aromatic heterocycles. The highest BCUT2D eigenvalue weighted by Crippen LogP contribution is 2.27. The molecule has 0 aromatic rings. The molecule has 0 aliphatic carbocycles. The number of aliphatic hydroxyl groups excluding tert-OH is 9. The first-order valence-electron chi connectivity index (χ1n) is 10.1. The summed E-state index contributed by atoms with van der Waals surface area (Å²) in [5.41, 5.74) is 0. The Labute approximate surface area is 183 Å². The molecule has 14 atom stereocenters. The maximum Gasteiger partial charge on any atom is 0.187 e. The molecular weight excluding hydrogens is 440 g/mol. The van der Waals surface area contributed by atoms with E-state index >= 15 is 0 Å². The van der Waals surface area contributed by atoms with Crippen LogP contribution in [0.4, 0.5) is 0 Å². The summed E-state index contributed by atoms with van der Waals surface area (Å²) in [5.74, 6) is 0. The van der Waals surface area contributed by atoms with E-state index < -0.39 is 92.4 Å². The number of carbonyl (C=O) groups excluding carboxylic acids is 1. The van der Waals surface area contributed by atoms with Crippen LogP contribution in [-0.4, -0.2) is 145 Å². The van der Waals surface area contributed by atoms with E-state index in [1.165, 1.54) is 13.8 Å². The summed E-state index contributed by atoms with van der Waals surface area (Å²) in [6.45, 7) is 1.78. The Balaban J connectivity index is 2.16. The summed E-state index contributed by atoms with van der Waals surface area (Å²) < 4.78 is 21.0. The molecule has 14 nitrogen and oxygen atoms in total. The number of rotatable bonds is 9. The average molecular weight is 472 g/mol. The second-order valence-electron chi connectivity index (χ2n) is 7.94. The third-order valence-electron chi connectivity index (χ3n) is 5.57. The summed E-state index contributed by atoms with van der Waals surface area (Å²) in [7, 11) is 0. The average Bonchev–Trinajstić information content (AvgIpc) is 2.78. The molecule has 0 radical (unpaired) electrons. The third-order valence-corrected chi connectivity index (χ3v) is 5.57. The van der Waals surface area contributed by atoms with Gasteiger partial charge in [-0.15, -0.1) is 0 Å². The Morgan fingerprint density at radius 1 is 0.781 bits per heavy atom. The SMILES string of the molecule is C[C@@H]1O[C@@H](O[C@@H]([C@H](O)[C@H](C=O)O[C@@H]2O[C@@H](C)[C@H](O)[C@@H](O)[C@H]2O)[C@H](O)CO)[C@H](O)[C@H](O)[C@H]1O. The summed E-state index contributed by atoms with van der Waals surface area (Å²) in [5, 5.41) is 89.4. The Hall–Kier alpha value is -0.850. The van der Waals surface area contributed by atoms with E-state index in [0.717, 1.165) is 0 Å². The molecule has 0 spiro atoms. The highest BCUT2D eigenvalue weighted by molar-refractivity contribution is 5.57. The molecular formula is C18H32O14. The van der Waals surface area contributed by atoms with Gasteiger partial charge in [-0.25, -0.2) is 0 Å². The fourth-order valence-corrected chi connectivity index (χ4v) is 3.44. The van der Waals surface area contributed by atoms with Gasteiger partial charge in [-0.1, -0.05) is 0 Å². The molecule has 14 heteroatoms. The van der Waals surface area contributed by atoms with Gasteiger partial charge in [-0.05, 0) is 13.8 Å². The van der Waals surface area contributed by atoms with Crippen molar-refractivity contribution in [3.63, 3.8) is 0 Å². The van der Waals surface area contributed by atoms with Crippen LogP contribution in [0.3, 0.4) is 0 Å². The molecule has 2 fully saturated rings. The van der Waals surface area contributed by atoms with Gasteiger partial charge in [-0.2, -0.15) is 0 Å². The Morgan fingerprint density at radius 3 is 1.62 bits per heavy atom. The molecule has 0 bridgehead atoms. The third kappa shape index (κ3) is 5.79. The van der Waals surface area contributed by atoms with Crippen molar-refractivity contribution in [1.29, 1.82) is 0 Å². The van der Waals surface area contributed by atoms with Gasteiger partial charge in [0.1, 0.15) is 61.0 Å². The Kier molecular flexibility index (Phi) is 9.87. The monoisotopic (exact) mass is 472 g/mol. The largest absolute Gasteiger partial charge is 0.394 e. The number of carbonyl (C=O) groups is 1. The molecule has 0 amide bonds. The van der Waals surface area contributed by atoms with E-state index in [4.69, 9.17) is 18.9 Å². The van der Waals surface area contributed by atoms with Gasteiger partial charge in [0.15, 0.2) is 18.9 Å². The van der Waals surface area contributed by atoms with Crippen LogP contribution in [0.15, 0.2) is 0 Å². The van der Waals surface area contributed by atoms with Crippen LogP contribution in [0.2, 0.25) is 0 Å². The van der Waals surface area contributed by atoms with E-state index in [1.807, 2.05) is 0 Å². The highest BCUT2D eigenvalue weighted by Gasteiger charge is 2.48. The summed E-state index contributed by atoms with van der Waals surface area (Å²) >= 11 is 0. The van der Waals surface area contributed by atoms with Crippen LogP contribution in [0, 0.1) is 0 Å². The lowest BCUT2D eigenvalue weighted by atomic mass is 9.98. The highest BCUT2D eigenvalue weighted by atomic mass is 16.7. The van der Waals surface area contributed by atoms with Crippen LogP contribution >= 0.6 is 0 Å². The Morgan fingerprint density at radius 2 is 1.22 bits per heavy atom. The maximum absolute atomic E-state index is 11.6. The summed E-state index contributed by atoms with van der Waals surface area (Å²) in [6.07, 6.45) is -22.6. The standard InChI is InChI=1S/C18H32O14/c1-5-9(22)12(25)14(27)17(29-5)31-8(4-20)11(24)16(7(21)3-19)32-18-15(28)13(26)10(23)6(2)30-18/h4-19,21-28H,3H2,1-2H3/t5-,6-,7+,8-,9-,10-,11+,12+,13+,14+,15+,16+,17-,18-/m0/s1. The maximum atomic E-state index is 11.6. The van der Waals surface area contributed by atoms with Crippen LogP contribution in [0.1, 0.15) is 13.8 Å². The van der Waals surface area contributed by atoms with Crippen molar-refractivity contribution in [3.05, 3.63) is 0 Å². The molecule has 188 valence electrons. The van der Waals surface area contributed by atoms with Crippen LogP contribution in [0.25, 0.3) is 0 Å². The summed E-state index contributed by atoms with van der Waals surface area (Å²) in [6, 6.07) is 0. The lowest BCUT2D eigenvalue weighted by Gasteiger charge is -2.43. The van der Waals surface area contributed by atoms with Gasteiger partial charge in [0.05, 0.1) is 18.8 Å². The zero-order chi connectivity index (χ0) is 24.3. The van der Waals surface area contributed by atoms with Gasteiger partial charge in [0, 0.05) is 0 Å². The molecule has 9 N–H and O–H groups in total. The van der Waals surface area contributed by atoms with E-state index in [9.17, 15) is 50.8 Å².